The SMILES string of the molecule is C=C1CC(C)C(C(=O)N(N)c2ccc(F)c(C)c2)N1c1cc(C(C)(C)F)cc(C)n1. The molecule has 2 aromatic rings. The highest BCUT2D eigenvalue weighted by Gasteiger charge is 2.42. The maximum Gasteiger partial charge on any atom is 0.264 e. The quantitative estimate of drug-likeness (QED) is 0.448. The highest BCUT2D eigenvalue weighted by atomic mass is 19.1. The number of allylic oxidation sites excluding steroid dienone is 1. The summed E-state index contributed by atoms with van der Waals surface area (Å²) in [5.41, 5.74) is 1.07. The third-order valence-corrected chi connectivity index (χ3v) is 5.50. The lowest BCUT2D eigenvalue weighted by Gasteiger charge is -2.31. The molecular weight excluding hydrogens is 386 g/mol. The third-order valence-electron chi connectivity index (χ3n) is 5.50. The van der Waals surface area contributed by atoms with Gasteiger partial charge in [0.15, 0.2) is 0 Å². The van der Waals surface area contributed by atoms with Gasteiger partial charge in [0.05, 0.1) is 5.69 Å². The number of hydrazine groups is 1. The summed E-state index contributed by atoms with van der Waals surface area (Å²) in [4.78, 5) is 19.7. The number of carbonyl (C=O) groups is 1. The van der Waals surface area contributed by atoms with E-state index < -0.39 is 11.7 Å². The number of nitrogens with two attached hydrogens (primary N) is 1. The molecule has 2 heterocycles. The Morgan fingerprint density at radius 2 is 1.97 bits per heavy atom. The van der Waals surface area contributed by atoms with Gasteiger partial charge in [0, 0.05) is 11.4 Å². The normalized spacial score (nSPS) is 19.3. The summed E-state index contributed by atoms with van der Waals surface area (Å²) < 4.78 is 28.3. The number of nitrogens with zero attached hydrogens (tertiary/aromatic N) is 3. The predicted octanol–water partition coefficient (Wildman–Crippen LogP) is 4.68. The van der Waals surface area contributed by atoms with Crippen molar-refractivity contribution in [3.8, 4) is 0 Å². The fourth-order valence-electron chi connectivity index (χ4n) is 3.86. The van der Waals surface area contributed by atoms with Gasteiger partial charge in [-0.1, -0.05) is 13.5 Å². The molecule has 1 amide bonds. The highest BCUT2D eigenvalue weighted by Crippen LogP contribution is 2.38. The van der Waals surface area contributed by atoms with E-state index >= 15 is 0 Å². The number of aromatic nitrogens is 1. The van der Waals surface area contributed by atoms with Crippen LogP contribution in [0.2, 0.25) is 0 Å². The van der Waals surface area contributed by atoms with E-state index in [0.29, 0.717) is 40.4 Å². The topological polar surface area (TPSA) is 62.5 Å². The van der Waals surface area contributed by atoms with Crippen LogP contribution in [-0.4, -0.2) is 16.9 Å². The van der Waals surface area contributed by atoms with Gasteiger partial charge in [0.1, 0.15) is 23.3 Å². The number of hydrogen-bond acceptors (Lipinski definition) is 4. The first kappa shape index (κ1) is 21.9. The van der Waals surface area contributed by atoms with Gasteiger partial charge in [0.25, 0.3) is 5.91 Å². The van der Waals surface area contributed by atoms with Gasteiger partial charge in [-0.25, -0.2) is 24.6 Å². The smallest absolute Gasteiger partial charge is 0.264 e. The number of hydrogen-bond donors (Lipinski definition) is 1. The van der Waals surface area contributed by atoms with Crippen molar-refractivity contribution >= 4 is 17.4 Å². The second-order valence-electron chi connectivity index (χ2n) is 8.53. The zero-order valence-corrected chi connectivity index (χ0v) is 18.0. The van der Waals surface area contributed by atoms with Crippen molar-refractivity contribution in [3.63, 3.8) is 0 Å². The van der Waals surface area contributed by atoms with Crippen LogP contribution in [0.1, 0.15) is 44.0 Å². The van der Waals surface area contributed by atoms with Crippen molar-refractivity contribution in [3.05, 3.63) is 65.2 Å². The summed E-state index contributed by atoms with van der Waals surface area (Å²) in [6, 6.07) is 6.97. The molecule has 3 rings (SSSR count). The lowest BCUT2D eigenvalue weighted by atomic mass is 9.99. The average Bonchev–Trinajstić information content (AvgIpc) is 2.95. The van der Waals surface area contributed by atoms with E-state index in [1.54, 1.807) is 30.9 Å². The van der Waals surface area contributed by atoms with Crippen molar-refractivity contribution in [2.45, 2.75) is 52.8 Å². The Hall–Kier alpha value is -2.80. The molecule has 0 saturated carbocycles. The van der Waals surface area contributed by atoms with Gasteiger partial charge in [0.2, 0.25) is 0 Å². The number of amides is 1. The first-order chi connectivity index (χ1) is 13.9. The van der Waals surface area contributed by atoms with Crippen LogP contribution >= 0.6 is 0 Å². The summed E-state index contributed by atoms with van der Waals surface area (Å²) in [7, 11) is 0. The number of anilines is 2. The van der Waals surface area contributed by atoms with E-state index in [0.717, 1.165) is 5.01 Å². The Morgan fingerprint density at radius 3 is 2.57 bits per heavy atom. The number of benzene rings is 1. The van der Waals surface area contributed by atoms with Gasteiger partial charge in [-0.2, -0.15) is 0 Å². The molecule has 0 aliphatic carbocycles. The molecule has 30 heavy (non-hydrogen) atoms. The molecule has 1 aromatic carbocycles. The lowest BCUT2D eigenvalue weighted by molar-refractivity contribution is -0.120. The van der Waals surface area contributed by atoms with E-state index in [4.69, 9.17) is 5.84 Å². The summed E-state index contributed by atoms with van der Waals surface area (Å²) in [5.74, 6) is 5.79. The first-order valence-corrected chi connectivity index (χ1v) is 9.90. The fourth-order valence-corrected chi connectivity index (χ4v) is 3.86. The Kier molecular flexibility index (Phi) is 5.69. The number of halogens is 2. The van der Waals surface area contributed by atoms with E-state index in [2.05, 4.69) is 11.6 Å². The molecule has 5 nitrogen and oxygen atoms in total. The minimum atomic E-state index is -1.56. The molecule has 2 unspecified atom stereocenters. The second kappa shape index (κ2) is 7.80. The van der Waals surface area contributed by atoms with Gasteiger partial charge in [-0.15, -0.1) is 0 Å². The van der Waals surface area contributed by atoms with Gasteiger partial charge >= 0.3 is 0 Å². The Labute approximate surface area is 176 Å². The lowest BCUT2D eigenvalue weighted by Crippen LogP contribution is -2.51. The van der Waals surface area contributed by atoms with Crippen LogP contribution in [0.4, 0.5) is 20.3 Å². The number of pyridine rings is 1. The summed E-state index contributed by atoms with van der Waals surface area (Å²) in [5, 5.41) is 1.04. The van der Waals surface area contributed by atoms with Crippen LogP contribution in [-0.2, 0) is 10.5 Å². The molecule has 2 atom stereocenters. The number of aryl methyl sites for hydroxylation is 2. The van der Waals surface area contributed by atoms with Crippen LogP contribution < -0.4 is 15.8 Å². The van der Waals surface area contributed by atoms with E-state index in [9.17, 15) is 13.6 Å². The average molecular weight is 415 g/mol. The number of alkyl halides is 1. The van der Waals surface area contributed by atoms with Crippen LogP contribution in [0, 0.1) is 25.6 Å². The molecule has 0 radical (unpaired) electrons. The number of carbonyl (C=O) groups excluding carboxylic acids is 1. The predicted molar refractivity (Wildman–Crippen MR) is 115 cm³/mol. The largest absolute Gasteiger partial charge is 0.318 e. The van der Waals surface area contributed by atoms with Crippen molar-refractivity contribution < 1.29 is 13.6 Å². The molecule has 7 heteroatoms. The highest BCUT2D eigenvalue weighted by molar-refractivity contribution is 5.99. The van der Waals surface area contributed by atoms with E-state index in [-0.39, 0.29) is 17.6 Å². The van der Waals surface area contributed by atoms with Gasteiger partial charge < -0.3 is 4.90 Å². The minimum absolute atomic E-state index is 0.0817. The summed E-state index contributed by atoms with van der Waals surface area (Å²) >= 11 is 0. The molecule has 0 spiro atoms. The van der Waals surface area contributed by atoms with Crippen LogP contribution in [0.15, 0.2) is 42.6 Å². The number of rotatable bonds is 4. The minimum Gasteiger partial charge on any atom is -0.318 e. The zero-order chi connectivity index (χ0) is 22.4. The molecule has 1 aliphatic rings. The maximum atomic E-state index is 14.6. The second-order valence-corrected chi connectivity index (χ2v) is 8.53. The molecular formula is C23H28F2N4O. The monoisotopic (exact) mass is 414 g/mol. The van der Waals surface area contributed by atoms with Crippen LogP contribution in [0.3, 0.4) is 0 Å². The standard InChI is InChI=1S/C23H28F2N4O/c1-13-10-18(7-8-19(13)24)29(26)22(30)21-14(2)9-16(4)28(21)20-12-17(23(5,6)25)11-15(3)27-20/h7-8,10-12,14,21H,4,9,26H2,1-3,5-6H3. The third kappa shape index (κ3) is 4.07. The van der Waals surface area contributed by atoms with E-state index in [1.807, 2.05) is 6.92 Å². The molecule has 1 saturated heterocycles. The molecule has 1 aromatic heterocycles. The van der Waals surface area contributed by atoms with Crippen LogP contribution in [0.25, 0.3) is 0 Å². The van der Waals surface area contributed by atoms with Gasteiger partial charge in [-0.3, -0.25) is 4.79 Å². The van der Waals surface area contributed by atoms with E-state index in [1.165, 1.54) is 32.0 Å². The first-order valence-electron chi connectivity index (χ1n) is 9.90. The summed E-state index contributed by atoms with van der Waals surface area (Å²) in [6.07, 6.45) is 0.580. The van der Waals surface area contributed by atoms with Crippen molar-refractivity contribution in [1.29, 1.82) is 0 Å². The zero-order valence-electron chi connectivity index (χ0n) is 18.0. The molecule has 160 valence electrons. The van der Waals surface area contributed by atoms with Crippen molar-refractivity contribution in [1.82, 2.24) is 4.98 Å². The molecule has 1 fully saturated rings. The Balaban J connectivity index is 2.01. The molecule has 0 bridgehead atoms. The summed E-state index contributed by atoms with van der Waals surface area (Å²) in [6.45, 7) is 12.4. The maximum absolute atomic E-state index is 14.6. The van der Waals surface area contributed by atoms with Crippen LogP contribution in [0.5, 0.6) is 0 Å². The van der Waals surface area contributed by atoms with Gasteiger partial charge in [-0.05, 0) is 81.5 Å². The van der Waals surface area contributed by atoms with Crippen molar-refractivity contribution in [2.75, 3.05) is 9.91 Å². The molecule has 1 aliphatic heterocycles. The Bertz CT molecular complexity index is 999. The fraction of sp³-hybridized carbons (Fsp3) is 0.391. The Morgan fingerprint density at radius 1 is 1.30 bits per heavy atom. The van der Waals surface area contributed by atoms with Crippen molar-refractivity contribution in [2.24, 2.45) is 11.8 Å². The molecule has 2 N–H and O–H groups in total.